The second kappa shape index (κ2) is 5.25. The summed E-state index contributed by atoms with van der Waals surface area (Å²) in [5.41, 5.74) is 0. The molecule has 1 atom stereocenters. The summed E-state index contributed by atoms with van der Waals surface area (Å²) in [5, 5.41) is 1.94. The Bertz CT molecular complexity index is 690. The van der Waals surface area contributed by atoms with Gasteiger partial charge in [0.2, 0.25) is 0 Å². The van der Waals surface area contributed by atoms with Crippen molar-refractivity contribution >= 4 is 61.5 Å². The van der Waals surface area contributed by atoms with Crippen LogP contribution in [0.15, 0.2) is 22.4 Å². The summed E-state index contributed by atoms with van der Waals surface area (Å²) >= 11 is 8.03. The zero-order valence-corrected chi connectivity index (χ0v) is 13.6. The van der Waals surface area contributed by atoms with Crippen molar-refractivity contribution in [3.63, 3.8) is 0 Å². The summed E-state index contributed by atoms with van der Waals surface area (Å²) in [6.07, 6.45) is 2.29. The highest BCUT2D eigenvalue weighted by Gasteiger charge is 2.42. The van der Waals surface area contributed by atoms with E-state index in [1.807, 2.05) is 23.6 Å². The van der Waals surface area contributed by atoms with Crippen LogP contribution in [0.25, 0.3) is 6.08 Å². The van der Waals surface area contributed by atoms with Crippen molar-refractivity contribution in [2.45, 2.75) is 12.5 Å². The number of carbonyl (C=O) groups is 1. The second-order valence-corrected chi connectivity index (χ2v) is 9.51. The monoisotopic (exact) mass is 345 g/mol. The molecule has 0 aromatic carbocycles. The average molecular weight is 345 g/mol. The molecule has 2 aliphatic heterocycles. The Morgan fingerprint density at radius 1 is 1.45 bits per heavy atom. The Hall–Kier alpha value is -0.700. The molecule has 2 aliphatic rings. The number of amides is 1. The van der Waals surface area contributed by atoms with Gasteiger partial charge >= 0.3 is 0 Å². The molecule has 0 saturated carbocycles. The molecule has 0 radical (unpaired) electrons. The van der Waals surface area contributed by atoms with Gasteiger partial charge in [-0.05, 0) is 23.9 Å². The first-order valence-corrected chi connectivity index (χ1v) is 9.90. The predicted molar refractivity (Wildman–Crippen MR) is 86.4 cm³/mol. The van der Waals surface area contributed by atoms with Crippen molar-refractivity contribution < 1.29 is 13.2 Å². The predicted octanol–water partition coefficient (Wildman–Crippen LogP) is 2.14. The highest BCUT2D eigenvalue weighted by molar-refractivity contribution is 8.26. The van der Waals surface area contributed by atoms with Gasteiger partial charge in [0.05, 0.1) is 22.5 Å². The molecular formula is C12H11NO3S4. The van der Waals surface area contributed by atoms with Gasteiger partial charge in [0, 0.05) is 4.88 Å². The van der Waals surface area contributed by atoms with Crippen LogP contribution < -0.4 is 0 Å². The minimum Gasteiger partial charge on any atom is -0.289 e. The standard InChI is InChI=1S/C12H11NO3S4/c14-11-10(6-9-2-1-4-18-9)19-12(17)13(11)8-3-5-20(15,16)7-8/h1-2,4,6,8H,3,5,7H2/b10-6+/t8-/m0/s1. The van der Waals surface area contributed by atoms with E-state index < -0.39 is 9.84 Å². The molecule has 20 heavy (non-hydrogen) atoms. The molecular weight excluding hydrogens is 334 g/mol. The van der Waals surface area contributed by atoms with Crippen LogP contribution in [-0.4, -0.2) is 41.1 Å². The number of thiocarbonyl (C=S) groups is 1. The van der Waals surface area contributed by atoms with Crippen molar-refractivity contribution in [3.8, 4) is 0 Å². The number of hydrogen-bond acceptors (Lipinski definition) is 6. The van der Waals surface area contributed by atoms with E-state index in [0.29, 0.717) is 15.6 Å². The maximum Gasteiger partial charge on any atom is 0.266 e. The fraction of sp³-hybridized carbons (Fsp3) is 0.333. The molecule has 0 bridgehead atoms. The first-order chi connectivity index (χ1) is 9.46. The van der Waals surface area contributed by atoms with Crippen molar-refractivity contribution in [3.05, 3.63) is 27.3 Å². The number of thioether (sulfide) groups is 1. The zero-order chi connectivity index (χ0) is 14.3. The third-order valence-corrected chi connectivity index (χ3v) is 7.11. The minimum absolute atomic E-state index is 0.0196. The Balaban J connectivity index is 1.85. The van der Waals surface area contributed by atoms with E-state index in [2.05, 4.69) is 0 Å². The maximum absolute atomic E-state index is 12.4. The lowest BCUT2D eigenvalue weighted by Gasteiger charge is -2.20. The van der Waals surface area contributed by atoms with Crippen LogP contribution in [0.4, 0.5) is 0 Å². The summed E-state index contributed by atoms with van der Waals surface area (Å²) in [7, 11) is -3.03. The van der Waals surface area contributed by atoms with Crippen LogP contribution in [0.5, 0.6) is 0 Å². The van der Waals surface area contributed by atoms with Crippen LogP contribution in [0.1, 0.15) is 11.3 Å². The van der Waals surface area contributed by atoms with E-state index in [4.69, 9.17) is 12.2 Å². The number of thiophene rings is 1. The van der Waals surface area contributed by atoms with Crippen molar-refractivity contribution in [1.82, 2.24) is 4.90 Å². The fourth-order valence-electron chi connectivity index (χ4n) is 2.28. The molecule has 0 spiro atoms. The van der Waals surface area contributed by atoms with E-state index >= 15 is 0 Å². The summed E-state index contributed by atoms with van der Waals surface area (Å²) in [4.78, 5) is 15.4. The lowest BCUT2D eigenvalue weighted by atomic mass is 10.2. The normalized spacial score (nSPS) is 27.7. The van der Waals surface area contributed by atoms with Crippen LogP contribution >= 0.6 is 35.3 Å². The maximum atomic E-state index is 12.4. The summed E-state index contributed by atoms with van der Waals surface area (Å²) in [6.45, 7) is 0. The molecule has 0 N–H and O–H groups in total. The van der Waals surface area contributed by atoms with Gasteiger partial charge in [-0.25, -0.2) is 8.42 Å². The van der Waals surface area contributed by atoms with Crippen LogP contribution in [0.3, 0.4) is 0 Å². The Morgan fingerprint density at radius 3 is 2.85 bits per heavy atom. The number of nitrogens with zero attached hydrogens (tertiary/aromatic N) is 1. The SMILES string of the molecule is O=C1/C(=C\c2cccs2)SC(=S)N1[C@H]1CCS(=O)(=O)C1. The molecule has 2 saturated heterocycles. The molecule has 3 rings (SSSR count). The Labute approximate surface area is 130 Å². The van der Waals surface area contributed by atoms with Gasteiger partial charge < -0.3 is 0 Å². The van der Waals surface area contributed by atoms with Gasteiger partial charge in [-0.15, -0.1) is 11.3 Å². The molecule has 1 amide bonds. The van der Waals surface area contributed by atoms with E-state index in [-0.39, 0.29) is 23.5 Å². The molecule has 0 unspecified atom stereocenters. The fourth-order valence-corrected chi connectivity index (χ4v) is 6.10. The number of rotatable bonds is 2. The van der Waals surface area contributed by atoms with E-state index in [0.717, 1.165) is 4.88 Å². The summed E-state index contributed by atoms with van der Waals surface area (Å²) < 4.78 is 23.6. The zero-order valence-electron chi connectivity index (χ0n) is 10.3. The number of sulfone groups is 1. The third-order valence-electron chi connectivity index (χ3n) is 3.21. The smallest absolute Gasteiger partial charge is 0.266 e. The lowest BCUT2D eigenvalue weighted by Crippen LogP contribution is -2.39. The van der Waals surface area contributed by atoms with Crippen LogP contribution in [-0.2, 0) is 14.6 Å². The van der Waals surface area contributed by atoms with Crippen LogP contribution in [0, 0.1) is 0 Å². The second-order valence-electron chi connectivity index (χ2n) is 4.62. The molecule has 3 heterocycles. The first kappa shape index (κ1) is 14.2. The number of carbonyl (C=O) groups excluding carboxylic acids is 1. The van der Waals surface area contributed by atoms with Gasteiger partial charge in [0.1, 0.15) is 4.32 Å². The largest absolute Gasteiger partial charge is 0.289 e. The minimum atomic E-state index is -3.03. The van der Waals surface area contributed by atoms with Crippen molar-refractivity contribution in [1.29, 1.82) is 0 Å². The van der Waals surface area contributed by atoms with Gasteiger partial charge in [-0.1, -0.05) is 30.0 Å². The van der Waals surface area contributed by atoms with Gasteiger partial charge in [-0.3, -0.25) is 9.69 Å². The van der Waals surface area contributed by atoms with Crippen molar-refractivity contribution in [2.75, 3.05) is 11.5 Å². The third kappa shape index (κ3) is 2.69. The molecule has 0 aliphatic carbocycles. The van der Waals surface area contributed by atoms with Gasteiger partial charge in [0.25, 0.3) is 5.91 Å². The molecule has 1 aromatic heterocycles. The highest BCUT2D eigenvalue weighted by atomic mass is 32.2. The topological polar surface area (TPSA) is 54.5 Å². The molecule has 2 fully saturated rings. The summed E-state index contributed by atoms with van der Waals surface area (Å²) in [6, 6.07) is 3.54. The van der Waals surface area contributed by atoms with Crippen molar-refractivity contribution in [2.24, 2.45) is 0 Å². The molecule has 106 valence electrons. The highest BCUT2D eigenvalue weighted by Crippen LogP contribution is 2.36. The van der Waals surface area contributed by atoms with E-state index in [1.165, 1.54) is 16.7 Å². The van der Waals surface area contributed by atoms with E-state index in [9.17, 15) is 13.2 Å². The summed E-state index contributed by atoms with van der Waals surface area (Å²) in [5.74, 6) is -0.0137. The number of hydrogen-bond donors (Lipinski definition) is 0. The molecule has 4 nitrogen and oxygen atoms in total. The quantitative estimate of drug-likeness (QED) is 0.607. The molecule has 1 aromatic rings. The average Bonchev–Trinajstić information content (AvgIpc) is 3.03. The van der Waals surface area contributed by atoms with E-state index in [1.54, 1.807) is 11.3 Å². The Kier molecular flexibility index (Phi) is 3.74. The Morgan fingerprint density at radius 2 is 2.25 bits per heavy atom. The van der Waals surface area contributed by atoms with Crippen LogP contribution in [0.2, 0.25) is 0 Å². The lowest BCUT2D eigenvalue weighted by molar-refractivity contribution is -0.123. The molecule has 8 heteroatoms. The van der Waals surface area contributed by atoms with Gasteiger partial charge in [-0.2, -0.15) is 0 Å². The van der Waals surface area contributed by atoms with Gasteiger partial charge in [0.15, 0.2) is 9.84 Å². The first-order valence-electron chi connectivity index (χ1n) is 5.97.